The number of aromatic nitrogens is 7. The van der Waals surface area contributed by atoms with Gasteiger partial charge in [-0.1, -0.05) is 6.07 Å². The minimum atomic E-state index is -2.94. The van der Waals surface area contributed by atoms with Crippen LogP contribution < -0.4 is 10.1 Å². The van der Waals surface area contributed by atoms with Crippen molar-refractivity contribution in [2.45, 2.75) is 19.6 Å². The molecule has 4 rings (SSSR count). The predicted molar refractivity (Wildman–Crippen MR) is 91.9 cm³/mol. The number of hydrogen-bond donors (Lipinski definition) is 2. The molecule has 0 fully saturated rings. The molecule has 0 aromatic carbocycles. The lowest BCUT2D eigenvalue weighted by Crippen LogP contribution is -2.11. The van der Waals surface area contributed by atoms with E-state index in [1.165, 1.54) is 12.3 Å². The summed E-state index contributed by atoms with van der Waals surface area (Å²) in [6.45, 7) is -0.987. The number of pyridine rings is 1. The van der Waals surface area contributed by atoms with Gasteiger partial charge in [0.15, 0.2) is 11.5 Å². The van der Waals surface area contributed by atoms with Gasteiger partial charge in [-0.05, 0) is 19.1 Å². The van der Waals surface area contributed by atoms with Gasteiger partial charge >= 0.3 is 6.61 Å². The van der Waals surface area contributed by atoms with Crippen LogP contribution in [0.1, 0.15) is 18.7 Å². The summed E-state index contributed by atoms with van der Waals surface area (Å²) in [5.41, 5.74) is 2.02. The van der Waals surface area contributed by atoms with Crippen LogP contribution in [0.3, 0.4) is 0 Å². The summed E-state index contributed by atoms with van der Waals surface area (Å²) in [5.74, 6) is 0.503. The maximum Gasteiger partial charge on any atom is 0.388 e. The van der Waals surface area contributed by atoms with Crippen molar-refractivity contribution in [3.8, 4) is 5.88 Å². The Balaban J connectivity index is 1.61. The molecule has 0 bridgehead atoms. The highest BCUT2D eigenvalue weighted by molar-refractivity contribution is 5.72. The van der Waals surface area contributed by atoms with E-state index in [-0.39, 0.29) is 11.9 Å². The number of alkyl halides is 2. The minimum Gasteiger partial charge on any atom is -0.415 e. The number of nitrogens with one attached hydrogen (secondary N) is 2. The summed E-state index contributed by atoms with van der Waals surface area (Å²) in [4.78, 5) is 13.2. The van der Waals surface area contributed by atoms with Gasteiger partial charge in [0.1, 0.15) is 11.3 Å². The molecule has 11 heteroatoms. The van der Waals surface area contributed by atoms with Gasteiger partial charge in [-0.15, -0.1) is 5.10 Å². The Bertz CT molecular complexity index is 1050. The first-order chi connectivity index (χ1) is 13.1. The van der Waals surface area contributed by atoms with Gasteiger partial charge in [-0.3, -0.25) is 10.1 Å². The summed E-state index contributed by atoms with van der Waals surface area (Å²) in [6, 6.07) is 6.80. The number of ether oxygens (including phenoxy) is 1. The smallest absolute Gasteiger partial charge is 0.388 e. The van der Waals surface area contributed by atoms with Gasteiger partial charge < -0.3 is 10.1 Å². The summed E-state index contributed by atoms with van der Waals surface area (Å²) in [7, 11) is 0. The Morgan fingerprint density at radius 3 is 2.89 bits per heavy atom. The maximum atomic E-state index is 12.2. The third-order valence-corrected chi connectivity index (χ3v) is 3.81. The summed E-state index contributed by atoms with van der Waals surface area (Å²) < 4.78 is 30.4. The molecule has 0 saturated carbocycles. The van der Waals surface area contributed by atoms with E-state index in [2.05, 4.69) is 40.3 Å². The van der Waals surface area contributed by atoms with Gasteiger partial charge in [0.2, 0.25) is 5.88 Å². The van der Waals surface area contributed by atoms with Crippen molar-refractivity contribution in [2.24, 2.45) is 0 Å². The van der Waals surface area contributed by atoms with Crippen molar-refractivity contribution >= 4 is 22.8 Å². The predicted octanol–water partition coefficient (Wildman–Crippen LogP) is 2.90. The number of halogens is 2. The van der Waals surface area contributed by atoms with E-state index in [4.69, 9.17) is 0 Å². The van der Waals surface area contributed by atoms with Crippen molar-refractivity contribution in [3.63, 3.8) is 0 Å². The lowest BCUT2D eigenvalue weighted by atomic mass is 10.2. The SMILES string of the molecule is C[C@@H](c1ccccn1)n1ncc2ncc(Nc3cc(OC(F)F)n[nH]3)nc21. The van der Waals surface area contributed by atoms with Crippen LogP contribution in [0.2, 0.25) is 0 Å². The van der Waals surface area contributed by atoms with Crippen LogP contribution in [0.15, 0.2) is 42.9 Å². The molecule has 4 heterocycles. The van der Waals surface area contributed by atoms with Crippen LogP contribution in [-0.4, -0.2) is 41.5 Å². The number of hydrogen-bond acceptors (Lipinski definition) is 7. The molecule has 138 valence electrons. The molecule has 27 heavy (non-hydrogen) atoms. The molecule has 9 nitrogen and oxygen atoms in total. The molecule has 0 amide bonds. The van der Waals surface area contributed by atoms with Crippen LogP contribution in [0.25, 0.3) is 11.2 Å². The lowest BCUT2D eigenvalue weighted by molar-refractivity contribution is -0.0528. The average Bonchev–Trinajstić information content (AvgIpc) is 3.28. The number of aromatic amines is 1. The van der Waals surface area contributed by atoms with E-state index in [0.29, 0.717) is 22.8 Å². The van der Waals surface area contributed by atoms with Gasteiger partial charge in [0.25, 0.3) is 0 Å². The zero-order valence-electron chi connectivity index (χ0n) is 14.0. The van der Waals surface area contributed by atoms with E-state index in [1.807, 2.05) is 25.1 Å². The van der Waals surface area contributed by atoms with Gasteiger partial charge in [0.05, 0.1) is 24.1 Å². The van der Waals surface area contributed by atoms with Crippen LogP contribution in [0.5, 0.6) is 5.88 Å². The molecule has 4 aromatic heterocycles. The molecule has 0 aliphatic heterocycles. The molecule has 0 aliphatic carbocycles. The maximum absolute atomic E-state index is 12.2. The minimum absolute atomic E-state index is 0.147. The second-order valence-corrected chi connectivity index (χ2v) is 5.61. The second-order valence-electron chi connectivity index (χ2n) is 5.61. The van der Waals surface area contributed by atoms with Gasteiger partial charge in [-0.25, -0.2) is 14.6 Å². The second kappa shape index (κ2) is 6.94. The summed E-state index contributed by atoms with van der Waals surface area (Å²) in [6.07, 6.45) is 4.85. The van der Waals surface area contributed by atoms with Gasteiger partial charge in [0, 0.05) is 12.3 Å². The number of H-pyrrole nitrogens is 1. The molecule has 0 saturated heterocycles. The molecule has 0 aliphatic rings. The van der Waals surface area contributed by atoms with Crippen LogP contribution in [0, 0.1) is 0 Å². The Morgan fingerprint density at radius 1 is 1.22 bits per heavy atom. The quantitative estimate of drug-likeness (QED) is 0.536. The molecule has 0 unspecified atom stereocenters. The number of rotatable bonds is 6. The first-order valence-corrected chi connectivity index (χ1v) is 7.98. The third kappa shape index (κ3) is 3.52. The topological polar surface area (TPSA) is 106 Å². The Kier molecular flexibility index (Phi) is 4.32. The van der Waals surface area contributed by atoms with E-state index >= 15 is 0 Å². The monoisotopic (exact) mass is 372 g/mol. The Labute approximate surface area is 151 Å². The Hall–Kier alpha value is -3.63. The zero-order chi connectivity index (χ0) is 18.8. The molecule has 0 radical (unpaired) electrons. The highest BCUT2D eigenvalue weighted by Crippen LogP contribution is 2.22. The average molecular weight is 372 g/mol. The fourth-order valence-electron chi connectivity index (χ4n) is 2.57. The summed E-state index contributed by atoms with van der Waals surface area (Å²) in [5, 5.41) is 13.4. The van der Waals surface area contributed by atoms with E-state index in [1.54, 1.807) is 17.1 Å². The van der Waals surface area contributed by atoms with Gasteiger partial charge in [-0.2, -0.15) is 13.9 Å². The molecule has 1 atom stereocenters. The molecular weight excluding hydrogens is 358 g/mol. The van der Waals surface area contributed by atoms with Crippen molar-refractivity contribution in [2.75, 3.05) is 5.32 Å². The van der Waals surface area contributed by atoms with Crippen molar-refractivity contribution in [1.82, 2.24) is 34.9 Å². The van der Waals surface area contributed by atoms with Crippen LogP contribution >= 0.6 is 0 Å². The van der Waals surface area contributed by atoms with Crippen molar-refractivity contribution in [1.29, 1.82) is 0 Å². The van der Waals surface area contributed by atoms with Crippen molar-refractivity contribution < 1.29 is 13.5 Å². The fraction of sp³-hybridized carbons (Fsp3) is 0.188. The number of fused-ring (bicyclic) bond motifs is 1. The first kappa shape index (κ1) is 16.8. The van der Waals surface area contributed by atoms with E-state index < -0.39 is 6.61 Å². The van der Waals surface area contributed by atoms with E-state index in [0.717, 1.165) is 5.69 Å². The normalized spacial score (nSPS) is 12.4. The fourth-order valence-corrected chi connectivity index (χ4v) is 2.57. The van der Waals surface area contributed by atoms with Crippen LogP contribution in [0.4, 0.5) is 20.4 Å². The van der Waals surface area contributed by atoms with E-state index in [9.17, 15) is 8.78 Å². The third-order valence-electron chi connectivity index (χ3n) is 3.81. The molecule has 4 aromatic rings. The summed E-state index contributed by atoms with van der Waals surface area (Å²) >= 11 is 0. The number of anilines is 2. The lowest BCUT2D eigenvalue weighted by Gasteiger charge is -2.12. The Morgan fingerprint density at radius 2 is 2.11 bits per heavy atom. The molecule has 2 N–H and O–H groups in total. The van der Waals surface area contributed by atoms with Crippen molar-refractivity contribution in [3.05, 3.63) is 48.5 Å². The zero-order valence-corrected chi connectivity index (χ0v) is 14.0. The molecular formula is C16H14F2N8O. The highest BCUT2D eigenvalue weighted by Gasteiger charge is 2.16. The first-order valence-electron chi connectivity index (χ1n) is 7.98. The van der Waals surface area contributed by atoms with Crippen LogP contribution in [-0.2, 0) is 0 Å². The number of nitrogens with zero attached hydrogens (tertiary/aromatic N) is 6. The largest absolute Gasteiger partial charge is 0.415 e. The molecule has 0 spiro atoms. The highest BCUT2D eigenvalue weighted by atomic mass is 19.3. The standard InChI is InChI=1S/C16H14F2N8O/c1-9(10-4-2-3-5-19-10)26-15-11(7-21-26)20-8-13(23-15)22-12-6-14(25-24-12)27-16(17)18/h2-9,16H,1H3,(H2,22,23,24,25)/t9-/m0/s1.